The highest BCUT2D eigenvalue weighted by molar-refractivity contribution is 8.00. The maximum Gasteiger partial charge on any atom is 0.267 e. The van der Waals surface area contributed by atoms with Gasteiger partial charge in [-0.05, 0) is 81.3 Å². The van der Waals surface area contributed by atoms with Gasteiger partial charge in [-0.3, -0.25) is 19.5 Å². The van der Waals surface area contributed by atoms with Crippen LogP contribution in [0, 0.1) is 13.8 Å². The van der Waals surface area contributed by atoms with Crippen LogP contribution in [0.1, 0.15) is 41.3 Å². The molecule has 0 spiro atoms. The second-order valence-corrected chi connectivity index (χ2v) is 10.9. The smallest absolute Gasteiger partial charge is 0.267 e. The van der Waals surface area contributed by atoms with Crippen LogP contribution in [-0.4, -0.2) is 30.7 Å². The van der Waals surface area contributed by atoms with Gasteiger partial charge in [0.15, 0.2) is 5.16 Å². The van der Waals surface area contributed by atoms with Gasteiger partial charge in [0.05, 0.1) is 16.3 Å². The molecule has 1 unspecified atom stereocenters. The van der Waals surface area contributed by atoms with Crippen molar-refractivity contribution in [1.29, 1.82) is 0 Å². The standard InChI is InChI=1S/C25H25N5O2S2/c1-14-9-10-17(13-15(14)2)30-23(32)20-18-7-4-5-8-19(18)34-22(20)29-25(30)33-16(3)21(31)28-24-26-11-6-12-27-24/h6,9-13,16H,4-5,7-8H2,1-3H3,(H,26,27,28,31). The molecule has 4 aromatic rings. The lowest BCUT2D eigenvalue weighted by molar-refractivity contribution is -0.115. The average Bonchev–Trinajstić information content (AvgIpc) is 3.20. The fraction of sp³-hybridized carbons (Fsp3) is 0.320. The third-order valence-electron chi connectivity index (χ3n) is 6.16. The van der Waals surface area contributed by atoms with Crippen molar-refractivity contribution < 1.29 is 4.79 Å². The molecule has 174 valence electrons. The predicted molar refractivity (Wildman–Crippen MR) is 137 cm³/mol. The molecule has 0 saturated heterocycles. The number of amides is 1. The van der Waals surface area contributed by atoms with E-state index in [4.69, 9.17) is 4.98 Å². The van der Waals surface area contributed by atoms with Gasteiger partial charge in [0, 0.05) is 17.3 Å². The van der Waals surface area contributed by atoms with E-state index in [1.54, 1.807) is 41.3 Å². The number of nitrogens with zero attached hydrogens (tertiary/aromatic N) is 4. The SMILES string of the molecule is Cc1ccc(-n2c(SC(C)C(=O)Nc3ncccn3)nc3sc4c(c3c2=O)CCCC4)cc1C. The van der Waals surface area contributed by atoms with Gasteiger partial charge in [0.25, 0.3) is 5.56 Å². The van der Waals surface area contributed by atoms with Crippen LogP contribution in [0.2, 0.25) is 0 Å². The highest BCUT2D eigenvalue weighted by Gasteiger charge is 2.25. The summed E-state index contributed by atoms with van der Waals surface area (Å²) >= 11 is 2.89. The number of rotatable bonds is 5. The van der Waals surface area contributed by atoms with Crippen LogP contribution in [0.5, 0.6) is 0 Å². The van der Waals surface area contributed by atoms with Crippen LogP contribution in [0.4, 0.5) is 5.95 Å². The van der Waals surface area contributed by atoms with Crippen LogP contribution in [0.25, 0.3) is 15.9 Å². The molecule has 0 fully saturated rings. The van der Waals surface area contributed by atoms with Crippen molar-refractivity contribution >= 4 is 45.2 Å². The van der Waals surface area contributed by atoms with Gasteiger partial charge in [-0.25, -0.2) is 15.0 Å². The maximum atomic E-state index is 13.9. The molecule has 34 heavy (non-hydrogen) atoms. The maximum absolute atomic E-state index is 13.9. The molecule has 0 radical (unpaired) electrons. The molecular weight excluding hydrogens is 466 g/mol. The molecule has 0 aliphatic heterocycles. The Morgan fingerprint density at radius 2 is 1.91 bits per heavy atom. The Kier molecular flexibility index (Phi) is 6.22. The Hall–Kier alpha value is -3.04. The molecule has 1 atom stereocenters. The van der Waals surface area contributed by atoms with Crippen molar-refractivity contribution in [3.63, 3.8) is 0 Å². The summed E-state index contributed by atoms with van der Waals surface area (Å²) in [7, 11) is 0. The number of carbonyl (C=O) groups excluding carboxylic acids is 1. The summed E-state index contributed by atoms with van der Waals surface area (Å²) in [5.74, 6) is 0.00324. The predicted octanol–water partition coefficient (Wildman–Crippen LogP) is 4.85. The molecule has 1 amide bonds. The first-order valence-electron chi connectivity index (χ1n) is 11.3. The quantitative estimate of drug-likeness (QED) is 0.317. The van der Waals surface area contributed by atoms with Gasteiger partial charge in [-0.15, -0.1) is 11.3 Å². The molecule has 1 N–H and O–H groups in total. The summed E-state index contributed by atoms with van der Waals surface area (Å²) < 4.78 is 1.67. The minimum Gasteiger partial charge on any atom is -0.294 e. The fourth-order valence-electron chi connectivity index (χ4n) is 4.14. The summed E-state index contributed by atoms with van der Waals surface area (Å²) in [6.07, 6.45) is 7.31. The zero-order valence-corrected chi connectivity index (χ0v) is 20.9. The first kappa shape index (κ1) is 22.7. The first-order chi connectivity index (χ1) is 16.4. The molecule has 1 aromatic carbocycles. The number of anilines is 1. The van der Waals surface area contributed by atoms with Crippen molar-refractivity contribution in [3.05, 3.63) is 68.6 Å². The summed E-state index contributed by atoms with van der Waals surface area (Å²) in [6.45, 7) is 5.88. The zero-order chi connectivity index (χ0) is 23.8. The van der Waals surface area contributed by atoms with E-state index in [1.807, 2.05) is 32.0 Å². The topological polar surface area (TPSA) is 89.8 Å². The van der Waals surface area contributed by atoms with E-state index in [0.29, 0.717) is 5.16 Å². The largest absolute Gasteiger partial charge is 0.294 e. The number of fused-ring (bicyclic) bond motifs is 3. The van der Waals surface area contributed by atoms with E-state index in [1.165, 1.54) is 16.6 Å². The van der Waals surface area contributed by atoms with Crippen molar-refractivity contribution in [2.24, 2.45) is 0 Å². The van der Waals surface area contributed by atoms with Crippen molar-refractivity contribution in [3.8, 4) is 5.69 Å². The van der Waals surface area contributed by atoms with Crippen LogP contribution in [0.15, 0.2) is 46.6 Å². The highest BCUT2D eigenvalue weighted by Crippen LogP contribution is 2.36. The lowest BCUT2D eigenvalue weighted by atomic mass is 9.97. The van der Waals surface area contributed by atoms with Gasteiger partial charge in [0.1, 0.15) is 4.83 Å². The summed E-state index contributed by atoms with van der Waals surface area (Å²) in [5.41, 5.74) is 4.11. The molecule has 1 aliphatic rings. The van der Waals surface area contributed by atoms with Crippen LogP contribution >= 0.6 is 23.1 Å². The first-order valence-corrected chi connectivity index (χ1v) is 13.0. The number of nitrogens with one attached hydrogen (secondary N) is 1. The molecular formula is C25H25N5O2S2. The van der Waals surface area contributed by atoms with Gasteiger partial charge >= 0.3 is 0 Å². The molecule has 0 saturated carbocycles. The van der Waals surface area contributed by atoms with Crippen molar-refractivity contribution in [2.45, 2.75) is 56.9 Å². The van der Waals surface area contributed by atoms with Crippen molar-refractivity contribution in [2.75, 3.05) is 5.32 Å². The van der Waals surface area contributed by atoms with E-state index < -0.39 is 5.25 Å². The van der Waals surface area contributed by atoms with Crippen molar-refractivity contribution in [1.82, 2.24) is 19.5 Å². The Balaban J connectivity index is 1.60. The molecule has 5 rings (SSSR count). The number of hydrogen-bond acceptors (Lipinski definition) is 7. The lowest BCUT2D eigenvalue weighted by Gasteiger charge is -2.17. The van der Waals surface area contributed by atoms with E-state index in [9.17, 15) is 9.59 Å². The van der Waals surface area contributed by atoms with Gasteiger partial charge in [-0.1, -0.05) is 17.8 Å². The number of thiophene rings is 1. The Bertz CT molecular complexity index is 1450. The van der Waals surface area contributed by atoms with Crippen LogP contribution < -0.4 is 10.9 Å². The van der Waals surface area contributed by atoms with E-state index in [-0.39, 0.29) is 17.4 Å². The van der Waals surface area contributed by atoms with Gasteiger partial charge in [0.2, 0.25) is 11.9 Å². The third kappa shape index (κ3) is 4.25. The zero-order valence-electron chi connectivity index (χ0n) is 19.3. The molecule has 3 aromatic heterocycles. The Morgan fingerprint density at radius 1 is 1.15 bits per heavy atom. The third-order valence-corrected chi connectivity index (χ3v) is 8.40. The molecule has 7 nitrogen and oxygen atoms in total. The summed E-state index contributed by atoms with van der Waals surface area (Å²) in [5, 5.41) is 3.46. The number of thioether (sulfide) groups is 1. The van der Waals surface area contributed by atoms with Crippen LogP contribution in [-0.2, 0) is 17.6 Å². The second-order valence-electron chi connectivity index (χ2n) is 8.52. The number of carbonyl (C=O) groups is 1. The number of aryl methyl sites for hydroxylation is 4. The second kappa shape index (κ2) is 9.31. The molecule has 1 aliphatic carbocycles. The highest BCUT2D eigenvalue weighted by atomic mass is 32.2. The normalized spacial score (nSPS) is 14.1. The fourth-order valence-corrected chi connectivity index (χ4v) is 6.37. The van der Waals surface area contributed by atoms with Crippen LogP contribution in [0.3, 0.4) is 0 Å². The van der Waals surface area contributed by atoms with E-state index >= 15 is 0 Å². The lowest BCUT2D eigenvalue weighted by Crippen LogP contribution is -2.27. The molecule has 0 bridgehead atoms. The Morgan fingerprint density at radius 3 is 2.68 bits per heavy atom. The average molecular weight is 492 g/mol. The van der Waals surface area contributed by atoms with E-state index in [2.05, 4.69) is 15.3 Å². The summed E-state index contributed by atoms with van der Waals surface area (Å²) in [6, 6.07) is 7.66. The molecule has 9 heteroatoms. The number of benzene rings is 1. The number of aromatic nitrogens is 4. The minimum absolute atomic E-state index is 0.0610. The van der Waals surface area contributed by atoms with Gasteiger partial charge < -0.3 is 0 Å². The van der Waals surface area contributed by atoms with Gasteiger partial charge in [-0.2, -0.15) is 0 Å². The molecule has 3 heterocycles. The monoisotopic (exact) mass is 491 g/mol. The number of hydrogen-bond donors (Lipinski definition) is 1. The van der Waals surface area contributed by atoms with E-state index in [0.717, 1.165) is 58.3 Å². The minimum atomic E-state index is -0.513. The summed E-state index contributed by atoms with van der Waals surface area (Å²) in [4.78, 5) is 41.9. The Labute approximate surface area is 205 Å².